The van der Waals surface area contributed by atoms with Gasteiger partial charge in [0.2, 0.25) is 0 Å². The van der Waals surface area contributed by atoms with Gasteiger partial charge in [-0.25, -0.2) is 0 Å². The summed E-state index contributed by atoms with van der Waals surface area (Å²) in [5.74, 6) is 2.57. The van der Waals surface area contributed by atoms with Gasteiger partial charge in [0.1, 0.15) is 13.2 Å². The molecule has 4 rings (SSSR count). The van der Waals surface area contributed by atoms with E-state index in [0.29, 0.717) is 19.3 Å². The van der Waals surface area contributed by atoms with Gasteiger partial charge in [0.05, 0.1) is 0 Å². The Hall–Kier alpha value is -1.26. The van der Waals surface area contributed by atoms with E-state index >= 15 is 0 Å². The quantitative estimate of drug-likeness (QED) is 0.924. The minimum atomic E-state index is 0.516. The van der Waals surface area contributed by atoms with Gasteiger partial charge in [-0.3, -0.25) is 0 Å². The van der Waals surface area contributed by atoms with Crippen LogP contribution in [0.2, 0.25) is 0 Å². The van der Waals surface area contributed by atoms with Crippen molar-refractivity contribution in [1.82, 2.24) is 5.32 Å². The Morgan fingerprint density at radius 3 is 2.57 bits per heavy atom. The van der Waals surface area contributed by atoms with E-state index in [-0.39, 0.29) is 0 Å². The van der Waals surface area contributed by atoms with Crippen LogP contribution < -0.4 is 14.8 Å². The fourth-order valence-electron chi connectivity index (χ4n) is 2.95. The van der Waals surface area contributed by atoms with Crippen molar-refractivity contribution < 1.29 is 9.47 Å². The minimum Gasteiger partial charge on any atom is -0.486 e. The first-order valence-electron chi connectivity index (χ1n) is 7.80. The van der Waals surface area contributed by atoms with Crippen molar-refractivity contribution in [2.45, 2.75) is 45.2 Å². The highest BCUT2D eigenvalue weighted by atomic mass is 32.1. The molecular weight excluding hydrogens is 282 g/mol. The zero-order valence-electron chi connectivity index (χ0n) is 12.6. The number of hydrogen-bond acceptors (Lipinski definition) is 4. The largest absolute Gasteiger partial charge is 0.486 e. The van der Waals surface area contributed by atoms with Gasteiger partial charge >= 0.3 is 0 Å². The number of nitrogens with one attached hydrogen (secondary N) is 1. The van der Waals surface area contributed by atoms with Crippen LogP contribution in [-0.4, -0.2) is 19.3 Å². The predicted octanol–water partition coefficient (Wildman–Crippen LogP) is 4.05. The predicted molar refractivity (Wildman–Crippen MR) is 86.8 cm³/mol. The number of hydrogen-bond donors (Lipinski definition) is 1. The zero-order chi connectivity index (χ0) is 14.4. The Morgan fingerprint density at radius 1 is 1.19 bits per heavy atom. The Morgan fingerprint density at radius 2 is 1.90 bits per heavy atom. The normalized spacial score (nSPS) is 17.7. The molecule has 0 atom stereocenters. The van der Waals surface area contributed by atoms with Crippen LogP contribution in [0.15, 0.2) is 12.1 Å². The minimum absolute atomic E-state index is 0.516. The first kappa shape index (κ1) is 13.4. The van der Waals surface area contributed by atoms with Crippen molar-refractivity contribution in [1.29, 1.82) is 0 Å². The summed E-state index contributed by atoms with van der Waals surface area (Å²) in [6, 6.07) is 4.88. The molecule has 1 fully saturated rings. The second-order valence-electron chi connectivity index (χ2n) is 6.24. The smallest absolute Gasteiger partial charge is 0.162 e. The van der Waals surface area contributed by atoms with Crippen molar-refractivity contribution in [3.05, 3.63) is 22.6 Å². The summed E-state index contributed by atoms with van der Waals surface area (Å²) in [5, 5.41) is 4.95. The fourth-order valence-corrected chi connectivity index (χ4v) is 4.20. The van der Waals surface area contributed by atoms with Crippen molar-refractivity contribution in [2.24, 2.45) is 0 Å². The third kappa shape index (κ3) is 2.51. The molecule has 0 unspecified atom stereocenters. The lowest BCUT2D eigenvalue weighted by Crippen LogP contribution is -2.21. The zero-order valence-corrected chi connectivity index (χ0v) is 13.4. The molecule has 2 aliphatic rings. The maximum Gasteiger partial charge on any atom is 0.162 e. The summed E-state index contributed by atoms with van der Waals surface area (Å²) in [5.41, 5.74) is 1.56. The Labute approximate surface area is 129 Å². The number of ether oxygens (including phenoxy) is 2. The first-order chi connectivity index (χ1) is 10.2. The highest BCUT2D eigenvalue weighted by Crippen LogP contribution is 2.50. The van der Waals surface area contributed by atoms with Crippen molar-refractivity contribution in [3.8, 4) is 11.5 Å². The average Bonchev–Trinajstić information content (AvgIpc) is 3.24. The molecule has 4 heteroatoms. The molecule has 3 nitrogen and oxygen atoms in total. The molecule has 0 saturated heterocycles. The van der Waals surface area contributed by atoms with E-state index in [1.165, 1.54) is 27.8 Å². The molecule has 1 aromatic carbocycles. The molecule has 2 aromatic rings. The van der Waals surface area contributed by atoms with Crippen molar-refractivity contribution in [3.63, 3.8) is 0 Å². The Balaban J connectivity index is 1.79. The second kappa shape index (κ2) is 5.18. The number of benzene rings is 1. The highest BCUT2D eigenvalue weighted by Gasteiger charge is 2.30. The first-order valence-corrected chi connectivity index (χ1v) is 8.62. The van der Waals surface area contributed by atoms with E-state index < -0.39 is 0 Å². The molecule has 0 amide bonds. The summed E-state index contributed by atoms with van der Waals surface area (Å²) in [7, 11) is 0. The molecule has 112 valence electrons. The lowest BCUT2D eigenvalue weighted by molar-refractivity contribution is 0.172. The lowest BCUT2D eigenvalue weighted by atomic mass is 10.1. The van der Waals surface area contributed by atoms with Gasteiger partial charge in [0.25, 0.3) is 0 Å². The summed E-state index contributed by atoms with van der Waals surface area (Å²) in [6.45, 7) is 6.68. The monoisotopic (exact) mass is 303 g/mol. The molecular formula is C17H21NO2S. The number of thiophene rings is 1. The van der Waals surface area contributed by atoms with E-state index in [2.05, 4.69) is 31.3 Å². The van der Waals surface area contributed by atoms with Gasteiger partial charge in [0, 0.05) is 33.6 Å². The number of fused-ring (bicyclic) bond motifs is 2. The molecule has 0 radical (unpaired) electrons. The van der Waals surface area contributed by atoms with Crippen molar-refractivity contribution in [2.75, 3.05) is 13.2 Å². The molecule has 0 bridgehead atoms. The molecule has 1 aromatic heterocycles. The van der Waals surface area contributed by atoms with Crippen LogP contribution in [0.3, 0.4) is 0 Å². The van der Waals surface area contributed by atoms with E-state index in [1.54, 1.807) is 5.56 Å². The van der Waals surface area contributed by atoms with E-state index in [9.17, 15) is 0 Å². The van der Waals surface area contributed by atoms with Crippen LogP contribution in [0.5, 0.6) is 11.5 Å². The standard InChI is InChI=1S/C17H21NO2S/c1-10(2)18-9-16-17(11-3-4-11)12-7-13-14(8-15(12)21-16)20-6-5-19-13/h7-8,10-11,18H,3-6,9H2,1-2H3. The Kier molecular flexibility index (Phi) is 3.31. The summed E-state index contributed by atoms with van der Waals surface area (Å²) in [4.78, 5) is 1.49. The average molecular weight is 303 g/mol. The van der Waals surface area contributed by atoms with E-state index in [4.69, 9.17) is 9.47 Å². The van der Waals surface area contributed by atoms with Crippen molar-refractivity contribution >= 4 is 21.4 Å². The van der Waals surface area contributed by atoms with Crippen LogP contribution in [0.25, 0.3) is 10.1 Å². The van der Waals surface area contributed by atoms with Crippen LogP contribution in [0.1, 0.15) is 43.0 Å². The molecule has 0 spiro atoms. The molecule has 2 heterocycles. The molecule has 1 aliphatic carbocycles. The fraction of sp³-hybridized carbons (Fsp3) is 0.529. The second-order valence-corrected chi connectivity index (χ2v) is 7.38. The van der Waals surface area contributed by atoms with Gasteiger partial charge in [-0.2, -0.15) is 0 Å². The Bertz CT molecular complexity index is 673. The van der Waals surface area contributed by atoms with Gasteiger partial charge in [-0.05, 0) is 30.4 Å². The van der Waals surface area contributed by atoms with Gasteiger partial charge in [-0.1, -0.05) is 13.8 Å². The van der Waals surface area contributed by atoms with Crippen LogP contribution >= 0.6 is 11.3 Å². The van der Waals surface area contributed by atoms with Gasteiger partial charge in [-0.15, -0.1) is 11.3 Å². The van der Waals surface area contributed by atoms with Crippen LogP contribution in [0, 0.1) is 0 Å². The number of rotatable bonds is 4. The maximum absolute atomic E-state index is 5.76. The lowest BCUT2D eigenvalue weighted by Gasteiger charge is -2.18. The summed E-state index contributed by atoms with van der Waals surface area (Å²) < 4.78 is 12.8. The molecule has 1 aliphatic heterocycles. The molecule has 21 heavy (non-hydrogen) atoms. The SMILES string of the molecule is CC(C)NCc1sc2cc3c(cc2c1C1CC1)OCCO3. The summed E-state index contributed by atoms with van der Waals surface area (Å²) >= 11 is 1.91. The topological polar surface area (TPSA) is 30.5 Å². The van der Waals surface area contributed by atoms with Crippen LogP contribution in [0.4, 0.5) is 0 Å². The third-order valence-electron chi connectivity index (χ3n) is 4.12. The maximum atomic E-state index is 5.76. The third-order valence-corrected chi connectivity index (χ3v) is 5.29. The highest BCUT2D eigenvalue weighted by molar-refractivity contribution is 7.19. The van der Waals surface area contributed by atoms with E-state index in [1.807, 2.05) is 11.3 Å². The van der Waals surface area contributed by atoms with Gasteiger partial charge < -0.3 is 14.8 Å². The van der Waals surface area contributed by atoms with E-state index in [0.717, 1.165) is 24.0 Å². The molecule has 1 saturated carbocycles. The summed E-state index contributed by atoms with van der Waals surface area (Å²) in [6.07, 6.45) is 2.66. The van der Waals surface area contributed by atoms with Gasteiger partial charge in [0.15, 0.2) is 11.5 Å². The van der Waals surface area contributed by atoms with Crippen LogP contribution in [-0.2, 0) is 6.54 Å². The molecule has 1 N–H and O–H groups in total.